The number of carbonyl (C=O) groups excluding carboxylic acids is 1. The molecule has 114 valence electrons. The molecule has 2 heterocycles. The maximum absolute atomic E-state index is 11.8. The lowest BCUT2D eigenvalue weighted by Gasteiger charge is -2.11. The zero-order chi connectivity index (χ0) is 15.8. The van der Waals surface area contributed by atoms with Crippen molar-refractivity contribution in [3.8, 4) is 11.3 Å². The monoisotopic (exact) mass is 342 g/mol. The molecule has 0 radical (unpaired) electrons. The van der Waals surface area contributed by atoms with Crippen LogP contribution in [0, 0.1) is 0 Å². The van der Waals surface area contributed by atoms with Crippen molar-refractivity contribution in [2.75, 3.05) is 5.32 Å². The molecule has 1 aromatic heterocycles. The van der Waals surface area contributed by atoms with Gasteiger partial charge in [0.1, 0.15) is 0 Å². The van der Waals surface area contributed by atoms with E-state index < -0.39 is 6.23 Å². The fourth-order valence-corrected chi connectivity index (χ4v) is 3.32. The van der Waals surface area contributed by atoms with Gasteiger partial charge in [-0.15, -0.1) is 11.3 Å². The number of thiazole rings is 1. The summed E-state index contributed by atoms with van der Waals surface area (Å²) in [5.41, 5.74) is 3.27. The lowest BCUT2D eigenvalue weighted by molar-refractivity contribution is 0.0437. The Morgan fingerprint density at radius 1 is 1.13 bits per heavy atom. The van der Waals surface area contributed by atoms with Gasteiger partial charge in [0.05, 0.1) is 11.3 Å². The third-order valence-electron chi connectivity index (χ3n) is 3.59. The molecular formula is C17H11ClN2O2S. The number of ether oxygens (including phenoxy) is 1. The van der Waals surface area contributed by atoms with Crippen molar-refractivity contribution in [3.63, 3.8) is 0 Å². The van der Waals surface area contributed by atoms with Crippen molar-refractivity contribution in [2.24, 2.45) is 0 Å². The minimum atomic E-state index is -0.497. The number of halogens is 1. The van der Waals surface area contributed by atoms with Gasteiger partial charge in [-0.25, -0.2) is 9.78 Å². The van der Waals surface area contributed by atoms with Gasteiger partial charge in [-0.1, -0.05) is 41.9 Å². The average molecular weight is 343 g/mol. The lowest BCUT2D eigenvalue weighted by atomic mass is 10.1. The van der Waals surface area contributed by atoms with Crippen molar-refractivity contribution in [3.05, 3.63) is 70.1 Å². The number of cyclic esters (lactones) is 1. The molecule has 4 nitrogen and oxygen atoms in total. The number of hydrogen-bond acceptors (Lipinski definition) is 5. The van der Waals surface area contributed by atoms with E-state index in [1.807, 2.05) is 47.8 Å². The van der Waals surface area contributed by atoms with Crippen LogP contribution in [0.1, 0.15) is 22.1 Å². The zero-order valence-corrected chi connectivity index (χ0v) is 13.4. The van der Waals surface area contributed by atoms with Crippen molar-refractivity contribution in [1.29, 1.82) is 0 Å². The van der Waals surface area contributed by atoms with E-state index in [4.69, 9.17) is 16.3 Å². The number of fused-ring (bicyclic) bond motifs is 1. The van der Waals surface area contributed by atoms with Crippen LogP contribution in [-0.4, -0.2) is 11.0 Å². The summed E-state index contributed by atoms with van der Waals surface area (Å²) in [4.78, 5) is 16.4. The highest BCUT2D eigenvalue weighted by Crippen LogP contribution is 2.33. The second kappa shape index (κ2) is 5.68. The minimum Gasteiger partial charge on any atom is -0.434 e. The van der Waals surface area contributed by atoms with Crippen LogP contribution in [0.3, 0.4) is 0 Å². The second-order valence-corrected chi connectivity index (χ2v) is 6.36. The molecule has 0 saturated carbocycles. The summed E-state index contributed by atoms with van der Waals surface area (Å²) in [6.45, 7) is 0. The third kappa shape index (κ3) is 2.69. The van der Waals surface area contributed by atoms with Gasteiger partial charge in [0.15, 0.2) is 5.13 Å². The fourth-order valence-electron chi connectivity index (χ4n) is 2.46. The van der Waals surface area contributed by atoms with Gasteiger partial charge in [0.2, 0.25) is 6.23 Å². The Morgan fingerprint density at radius 2 is 1.91 bits per heavy atom. The minimum absolute atomic E-state index is 0.312. The summed E-state index contributed by atoms with van der Waals surface area (Å²) in [7, 11) is 0. The molecular weight excluding hydrogens is 332 g/mol. The van der Waals surface area contributed by atoms with Gasteiger partial charge < -0.3 is 10.1 Å². The molecule has 2 aromatic carbocycles. The average Bonchev–Trinajstić information content (AvgIpc) is 3.15. The number of nitrogens with zero attached hydrogens (tertiary/aromatic N) is 1. The molecule has 0 amide bonds. The Hall–Kier alpha value is -2.37. The first-order chi connectivity index (χ1) is 11.2. The van der Waals surface area contributed by atoms with Crippen LogP contribution in [0.25, 0.3) is 11.3 Å². The number of carbonyl (C=O) groups is 1. The van der Waals surface area contributed by atoms with Crippen molar-refractivity contribution in [2.45, 2.75) is 6.23 Å². The standard InChI is InChI=1S/C17H11ClN2O2S/c18-11-7-5-10(6-8-11)14-9-23-17(19-14)20-15-12-3-1-2-4-13(12)16(21)22-15/h1-9,15H,(H,19,20)/t15-/m1/s1. The predicted octanol–water partition coefficient (Wildman–Crippen LogP) is 4.74. The molecule has 0 bridgehead atoms. The molecule has 3 aromatic rings. The molecule has 23 heavy (non-hydrogen) atoms. The van der Waals surface area contributed by atoms with Crippen molar-refractivity contribution in [1.82, 2.24) is 4.98 Å². The maximum atomic E-state index is 11.8. The Morgan fingerprint density at radius 3 is 2.74 bits per heavy atom. The Balaban J connectivity index is 1.57. The van der Waals surface area contributed by atoms with E-state index in [0.717, 1.165) is 16.8 Å². The van der Waals surface area contributed by atoms with Crippen LogP contribution in [0.2, 0.25) is 5.02 Å². The molecule has 1 N–H and O–H groups in total. The lowest BCUT2D eigenvalue weighted by Crippen LogP contribution is -2.09. The van der Waals surface area contributed by atoms with Gasteiger partial charge in [0.25, 0.3) is 0 Å². The van der Waals surface area contributed by atoms with Crippen molar-refractivity contribution < 1.29 is 9.53 Å². The molecule has 0 saturated heterocycles. The predicted molar refractivity (Wildman–Crippen MR) is 90.8 cm³/mol. The van der Waals surface area contributed by atoms with Gasteiger partial charge >= 0.3 is 5.97 Å². The van der Waals surface area contributed by atoms with Crippen LogP contribution in [-0.2, 0) is 4.74 Å². The van der Waals surface area contributed by atoms with Crippen LogP contribution in [0.15, 0.2) is 53.9 Å². The van der Waals surface area contributed by atoms with E-state index in [9.17, 15) is 4.79 Å². The Labute approximate surface area is 141 Å². The van der Waals surface area contributed by atoms with E-state index in [-0.39, 0.29) is 5.97 Å². The van der Waals surface area contributed by atoms with Crippen LogP contribution >= 0.6 is 22.9 Å². The Kier molecular flexibility index (Phi) is 3.52. The van der Waals surface area contributed by atoms with Gasteiger partial charge in [-0.2, -0.15) is 0 Å². The quantitative estimate of drug-likeness (QED) is 0.698. The van der Waals surface area contributed by atoms with E-state index in [1.165, 1.54) is 11.3 Å². The normalized spacial score (nSPS) is 16.0. The highest BCUT2D eigenvalue weighted by atomic mass is 35.5. The summed E-state index contributed by atoms with van der Waals surface area (Å²) < 4.78 is 5.37. The van der Waals surface area contributed by atoms with E-state index in [0.29, 0.717) is 15.7 Å². The SMILES string of the molecule is O=C1O[C@@H](Nc2nc(-c3ccc(Cl)cc3)cs2)c2ccccc21. The van der Waals surface area contributed by atoms with E-state index in [2.05, 4.69) is 10.3 Å². The second-order valence-electron chi connectivity index (χ2n) is 5.06. The van der Waals surface area contributed by atoms with E-state index in [1.54, 1.807) is 6.07 Å². The molecule has 0 fully saturated rings. The maximum Gasteiger partial charge on any atom is 0.340 e. The summed E-state index contributed by atoms with van der Waals surface area (Å²) in [6, 6.07) is 14.9. The molecule has 0 unspecified atom stereocenters. The zero-order valence-electron chi connectivity index (χ0n) is 11.8. The van der Waals surface area contributed by atoms with Crippen LogP contribution < -0.4 is 5.32 Å². The number of nitrogens with one attached hydrogen (secondary N) is 1. The first-order valence-corrected chi connectivity index (χ1v) is 8.24. The molecule has 1 aliphatic heterocycles. The molecule has 0 spiro atoms. The molecule has 1 atom stereocenters. The molecule has 4 rings (SSSR count). The smallest absolute Gasteiger partial charge is 0.340 e. The summed E-state index contributed by atoms with van der Waals surface area (Å²) in [5.74, 6) is -0.312. The van der Waals surface area contributed by atoms with Crippen molar-refractivity contribution >= 4 is 34.0 Å². The molecule has 6 heteroatoms. The van der Waals surface area contributed by atoms with Gasteiger partial charge in [0, 0.05) is 21.5 Å². The molecule has 0 aliphatic carbocycles. The highest BCUT2D eigenvalue weighted by Gasteiger charge is 2.30. The summed E-state index contributed by atoms with van der Waals surface area (Å²) in [6.07, 6.45) is -0.497. The van der Waals surface area contributed by atoms with Gasteiger partial charge in [-0.3, -0.25) is 0 Å². The third-order valence-corrected chi connectivity index (χ3v) is 4.61. The summed E-state index contributed by atoms with van der Waals surface area (Å²) >= 11 is 7.37. The van der Waals surface area contributed by atoms with Gasteiger partial charge in [-0.05, 0) is 18.2 Å². The summed E-state index contributed by atoms with van der Waals surface area (Å²) in [5, 5.41) is 6.51. The van der Waals surface area contributed by atoms with E-state index >= 15 is 0 Å². The first kappa shape index (κ1) is 14.2. The number of benzene rings is 2. The topological polar surface area (TPSA) is 51.2 Å². The fraction of sp³-hybridized carbons (Fsp3) is 0.0588. The number of rotatable bonds is 3. The largest absolute Gasteiger partial charge is 0.434 e. The highest BCUT2D eigenvalue weighted by molar-refractivity contribution is 7.14. The van der Waals surface area contributed by atoms with Crippen LogP contribution in [0.4, 0.5) is 5.13 Å². The number of esters is 1. The number of hydrogen-bond donors (Lipinski definition) is 1. The molecule has 1 aliphatic rings. The number of aromatic nitrogens is 1. The van der Waals surface area contributed by atoms with Crippen LogP contribution in [0.5, 0.6) is 0 Å². The number of anilines is 1. The Bertz CT molecular complexity index is 876. The first-order valence-electron chi connectivity index (χ1n) is 6.98.